The van der Waals surface area contributed by atoms with Gasteiger partial charge in [0.25, 0.3) is 6.29 Å². The Hall–Kier alpha value is -2.80. The minimum absolute atomic E-state index is 0.0954. The first-order valence-electron chi connectivity index (χ1n) is 7.51. The van der Waals surface area contributed by atoms with Crippen LogP contribution in [0.2, 0.25) is 0 Å². The lowest BCUT2D eigenvalue weighted by molar-refractivity contribution is -0.00485. The van der Waals surface area contributed by atoms with Gasteiger partial charge in [0.05, 0.1) is 36.3 Å². The van der Waals surface area contributed by atoms with Crippen molar-refractivity contribution in [2.24, 2.45) is 0 Å². The Bertz CT molecular complexity index is 1000. The molecule has 0 amide bonds. The molecular weight excluding hydrogens is 316 g/mol. The van der Waals surface area contributed by atoms with E-state index >= 15 is 0 Å². The highest BCUT2D eigenvalue weighted by molar-refractivity contribution is 6.07. The minimum Gasteiger partial charge on any atom is -0.496 e. The number of carbonyl (C=O) groups excluding carboxylic acids is 1. The third-order valence-electron chi connectivity index (χ3n) is 4.76. The Kier molecular flexibility index (Phi) is 2.49. The van der Waals surface area contributed by atoms with Crippen molar-refractivity contribution in [3.05, 3.63) is 45.5 Å². The molecule has 0 saturated heterocycles. The zero-order valence-electron chi connectivity index (χ0n) is 12.6. The van der Waals surface area contributed by atoms with Crippen LogP contribution in [0.4, 0.5) is 0 Å². The standard InChI is InChI=1S/C17H12O7/c1-21-9-5-10-11(6-2-3-22-17(6)23-10)15-14(9)12-7(18)4-8(19)13(12)16(20)24-15/h2-3,5-7,17-18H,4H2,1H3/t6-,7+,17+/m0/s1. The topological polar surface area (TPSA) is 95.2 Å². The van der Waals surface area contributed by atoms with E-state index in [0.29, 0.717) is 22.4 Å². The fourth-order valence-electron chi connectivity index (χ4n) is 3.76. The number of carbonyl (C=O) groups is 1. The molecule has 1 aromatic heterocycles. The third-order valence-corrected chi connectivity index (χ3v) is 4.76. The summed E-state index contributed by atoms with van der Waals surface area (Å²) in [7, 11) is 1.47. The van der Waals surface area contributed by atoms with E-state index in [0.717, 1.165) is 0 Å². The van der Waals surface area contributed by atoms with Gasteiger partial charge in [-0.3, -0.25) is 4.79 Å². The molecule has 3 aliphatic rings. The molecule has 0 bridgehead atoms. The van der Waals surface area contributed by atoms with E-state index in [4.69, 9.17) is 18.6 Å². The van der Waals surface area contributed by atoms with Crippen LogP contribution in [0.3, 0.4) is 0 Å². The number of benzene rings is 1. The Morgan fingerprint density at radius 1 is 1.29 bits per heavy atom. The zero-order valence-corrected chi connectivity index (χ0v) is 12.6. The smallest absolute Gasteiger partial charge is 0.347 e. The van der Waals surface area contributed by atoms with Crippen LogP contribution in [0.15, 0.2) is 27.6 Å². The maximum Gasteiger partial charge on any atom is 0.347 e. The average Bonchev–Trinajstić information content (AvgIpc) is 3.19. The molecule has 7 nitrogen and oxygen atoms in total. The lowest BCUT2D eigenvalue weighted by atomic mass is 9.95. The first kappa shape index (κ1) is 13.6. The van der Waals surface area contributed by atoms with Gasteiger partial charge in [0.1, 0.15) is 22.6 Å². The molecule has 122 valence electrons. The predicted molar refractivity (Wildman–Crippen MR) is 80.3 cm³/mol. The molecule has 0 fully saturated rings. The molecule has 7 heteroatoms. The summed E-state index contributed by atoms with van der Waals surface area (Å²) in [5, 5.41) is 10.7. The molecular formula is C17H12O7. The first-order valence-corrected chi connectivity index (χ1v) is 7.51. The minimum atomic E-state index is -1.06. The van der Waals surface area contributed by atoms with Crippen LogP contribution < -0.4 is 15.1 Å². The SMILES string of the molecule is COc1cc2c(c3oc(=O)c4c(c13)[C@H](O)CC4=O)[C@@H]1C=CO[C@@H]1O2. The van der Waals surface area contributed by atoms with Crippen molar-refractivity contribution in [3.63, 3.8) is 0 Å². The molecule has 1 aliphatic carbocycles. The lowest BCUT2D eigenvalue weighted by Gasteiger charge is -2.14. The molecule has 0 unspecified atom stereocenters. The summed E-state index contributed by atoms with van der Waals surface area (Å²) in [6.07, 6.45) is 1.65. The van der Waals surface area contributed by atoms with E-state index in [-0.39, 0.29) is 29.0 Å². The van der Waals surface area contributed by atoms with E-state index in [1.807, 2.05) is 6.08 Å². The van der Waals surface area contributed by atoms with Crippen molar-refractivity contribution in [2.75, 3.05) is 7.11 Å². The highest BCUT2D eigenvalue weighted by Gasteiger charge is 2.43. The van der Waals surface area contributed by atoms with E-state index in [9.17, 15) is 14.7 Å². The van der Waals surface area contributed by atoms with Gasteiger partial charge in [0, 0.05) is 18.1 Å². The van der Waals surface area contributed by atoms with Crippen LogP contribution in [0.1, 0.15) is 39.9 Å². The molecule has 0 radical (unpaired) electrons. The molecule has 1 aromatic carbocycles. The Morgan fingerprint density at radius 2 is 2.12 bits per heavy atom. The molecule has 0 spiro atoms. The van der Waals surface area contributed by atoms with Gasteiger partial charge in [0.2, 0.25) is 0 Å². The number of fused-ring (bicyclic) bond motifs is 7. The van der Waals surface area contributed by atoms with Crippen LogP contribution in [0.5, 0.6) is 11.5 Å². The molecule has 2 aliphatic heterocycles. The predicted octanol–water partition coefficient (Wildman–Crippen LogP) is 1.77. The molecule has 5 rings (SSSR count). The zero-order chi connectivity index (χ0) is 16.6. The number of ether oxygens (including phenoxy) is 3. The van der Waals surface area contributed by atoms with Gasteiger partial charge >= 0.3 is 5.63 Å². The van der Waals surface area contributed by atoms with Gasteiger partial charge < -0.3 is 23.7 Å². The van der Waals surface area contributed by atoms with Crippen molar-refractivity contribution in [3.8, 4) is 11.5 Å². The fraction of sp³-hybridized carbons (Fsp3) is 0.294. The molecule has 1 N–H and O–H groups in total. The van der Waals surface area contributed by atoms with Crippen molar-refractivity contribution in [1.82, 2.24) is 0 Å². The Labute approximate surface area is 135 Å². The summed E-state index contributed by atoms with van der Waals surface area (Å²) in [6, 6.07) is 1.67. The van der Waals surface area contributed by atoms with Crippen LogP contribution in [-0.2, 0) is 4.74 Å². The molecule has 2 aromatic rings. The first-order chi connectivity index (χ1) is 11.6. The van der Waals surface area contributed by atoms with Gasteiger partial charge in [-0.25, -0.2) is 4.79 Å². The van der Waals surface area contributed by atoms with Crippen molar-refractivity contribution < 1.29 is 28.5 Å². The summed E-state index contributed by atoms with van der Waals surface area (Å²) >= 11 is 0. The van der Waals surface area contributed by atoms with Crippen LogP contribution >= 0.6 is 0 Å². The normalized spacial score (nSPS) is 26.1. The number of aliphatic hydroxyl groups excluding tert-OH is 1. The van der Waals surface area contributed by atoms with Crippen LogP contribution in [-0.4, -0.2) is 24.3 Å². The Balaban J connectivity index is 1.96. The monoisotopic (exact) mass is 328 g/mol. The van der Waals surface area contributed by atoms with E-state index < -0.39 is 23.8 Å². The number of Topliss-reactive ketones (excluding diaryl/α,β-unsaturated/α-hetero) is 1. The number of rotatable bonds is 1. The van der Waals surface area contributed by atoms with E-state index in [2.05, 4.69) is 0 Å². The van der Waals surface area contributed by atoms with E-state index in [1.165, 1.54) is 13.4 Å². The summed E-state index contributed by atoms with van der Waals surface area (Å²) in [5.41, 5.74) is 0.362. The number of ketones is 1. The maximum absolute atomic E-state index is 12.3. The highest BCUT2D eigenvalue weighted by atomic mass is 16.7. The quantitative estimate of drug-likeness (QED) is 0.797. The number of methoxy groups -OCH3 is 1. The highest BCUT2D eigenvalue weighted by Crippen LogP contribution is 2.51. The van der Waals surface area contributed by atoms with Crippen molar-refractivity contribution in [1.29, 1.82) is 0 Å². The largest absolute Gasteiger partial charge is 0.496 e. The van der Waals surface area contributed by atoms with Gasteiger partial charge in [-0.05, 0) is 6.08 Å². The molecule has 24 heavy (non-hydrogen) atoms. The fourth-order valence-corrected chi connectivity index (χ4v) is 3.76. The molecule has 0 saturated carbocycles. The van der Waals surface area contributed by atoms with Gasteiger partial charge in [-0.15, -0.1) is 0 Å². The third kappa shape index (κ3) is 1.50. The van der Waals surface area contributed by atoms with Gasteiger partial charge in [0.15, 0.2) is 5.78 Å². The number of hydrogen-bond donors (Lipinski definition) is 1. The lowest BCUT2D eigenvalue weighted by Crippen LogP contribution is -2.15. The second kappa shape index (κ2) is 4.39. The van der Waals surface area contributed by atoms with Gasteiger partial charge in [-0.2, -0.15) is 0 Å². The van der Waals surface area contributed by atoms with Crippen molar-refractivity contribution >= 4 is 16.8 Å². The van der Waals surface area contributed by atoms with Crippen LogP contribution in [0.25, 0.3) is 11.0 Å². The summed E-state index contributed by atoms with van der Waals surface area (Å²) in [5.74, 6) is 0.236. The van der Waals surface area contributed by atoms with Crippen LogP contribution in [0, 0.1) is 0 Å². The summed E-state index contributed by atoms with van der Waals surface area (Å²) < 4.78 is 22.0. The average molecular weight is 328 g/mol. The number of hydrogen-bond acceptors (Lipinski definition) is 7. The summed E-state index contributed by atoms with van der Waals surface area (Å²) in [6.45, 7) is 0. The molecule has 3 atom stereocenters. The maximum atomic E-state index is 12.3. The van der Waals surface area contributed by atoms with Crippen molar-refractivity contribution in [2.45, 2.75) is 24.7 Å². The second-order valence-corrected chi connectivity index (χ2v) is 5.99. The van der Waals surface area contributed by atoms with E-state index in [1.54, 1.807) is 6.07 Å². The van der Waals surface area contributed by atoms with Gasteiger partial charge in [-0.1, -0.05) is 0 Å². The summed E-state index contributed by atoms with van der Waals surface area (Å²) in [4.78, 5) is 24.4. The number of aliphatic hydroxyl groups is 1. The Morgan fingerprint density at radius 3 is 2.92 bits per heavy atom. The molecule has 3 heterocycles. The second-order valence-electron chi connectivity index (χ2n) is 5.99.